The Morgan fingerprint density at radius 1 is 0.966 bits per heavy atom. The maximum Gasteiger partial charge on any atom is 0.347 e. The van der Waals surface area contributed by atoms with Crippen molar-refractivity contribution in [2.45, 2.75) is 6.92 Å². The summed E-state index contributed by atoms with van der Waals surface area (Å²) in [6.07, 6.45) is 3.41. The van der Waals surface area contributed by atoms with E-state index in [4.69, 9.17) is 9.15 Å². The lowest BCUT2D eigenvalue weighted by molar-refractivity contribution is 0.497. The van der Waals surface area contributed by atoms with E-state index < -0.39 is 5.63 Å². The van der Waals surface area contributed by atoms with Crippen molar-refractivity contribution in [1.29, 1.82) is 0 Å². The minimum atomic E-state index is -0.470. The highest BCUT2D eigenvalue weighted by molar-refractivity contribution is 5.99. The van der Waals surface area contributed by atoms with E-state index in [9.17, 15) is 4.79 Å². The Morgan fingerprint density at radius 3 is 2.69 bits per heavy atom. The van der Waals surface area contributed by atoms with Crippen molar-refractivity contribution in [2.75, 3.05) is 0 Å². The van der Waals surface area contributed by atoms with Gasteiger partial charge in [-0.25, -0.2) is 24.7 Å². The Morgan fingerprint density at radius 2 is 1.79 bits per heavy atom. The lowest BCUT2D eigenvalue weighted by Crippen LogP contribution is -2.14. The Bertz CT molecular complexity index is 1370. The van der Waals surface area contributed by atoms with Crippen LogP contribution in [0.5, 0.6) is 0 Å². The highest BCUT2D eigenvalue weighted by Gasteiger charge is 2.21. The predicted octanol–water partition coefficient (Wildman–Crippen LogP) is 4.11. The quantitative estimate of drug-likeness (QED) is 0.518. The first-order valence-electron chi connectivity index (χ1n) is 8.99. The molecule has 0 bridgehead atoms. The van der Waals surface area contributed by atoms with Crippen LogP contribution >= 0.6 is 0 Å². The van der Waals surface area contributed by atoms with E-state index in [1.807, 2.05) is 43.3 Å². The molecule has 0 saturated carbocycles. The number of nitrogens with zero attached hydrogens (tertiary/aromatic N) is 4. The zero-order chi connectivity index (χ0) is 19.8. The van der Waals surface area contributed by atoms with Gasteiger partial charge in [0, 0.05) is 11.8 Å². The summed E-state index contributed by atoms with van der Waals surface area (Å²) in [7, 11) is 0. The molecule has 7 nitrogen and oxygen atoms in total. The van der Waals surface area contributed by atoms with E-state index in [0.717, 1.165) is 11.3 Å². The minimum Gasteiger partial charge on any atom is -0.435 e. The van der Waals surface area contributed by atoms with Gasteiger partial charge < -0.3 is 9.15 Å². The molecule has 0 N–H and O–H groups in total. The number of aliphatic imine (C=N–C) groups is 1. The van der Waals surface area contributed by atoms with Gasteiger partial charge >= 0.3 is 5.63 Å². The van der Waals surface area contributed by atoms with Gasteiger partial charge in [-0.15, -0.1) is 0 Å². The Labute approximate surface area is 165 Å². The van der Waals surface area contributed by atoms with E-state index in [2.05, 4.69) is 19.9 Å². The fourth-order valence-electron chi connectivity index (χ4n) is 3.09. The number of hydrogen-bond acceptors (Lipinski definition) is 7. The maximum atomic E-state index is 12.3. The minimum absolute atomic E-state index is 0.111. The summed E-state index contributed by atoms with van der Waals surface area (Å²) in [6, 6.07) is 16.3. The molecule has 0 unspecified atom stereocenters. The molecule has 7 heteroatoms. The molecule has 1 aliphatic heterocycles. The van der Waals surface area contributed by atoms with Crippen molar-refractivity contribution >= 4 is 28.2 Å². The van der Waals surface area contributed by atoms with Crippen LogP contribution in [-0.2, 0) is 4.74 Å². The number of benzene rings is 2. The van der Waals surface area contributed by atoms with Crippen LogP contribution in [0.3, 0.4) is 0 Å². The molecule has 5 rings (SSSR count). The first kappa shape index (κ1) is 17.0. The Kier molecular flexibility index (Phi) is 3.98. The maximum absolute atomic E-state index is 12.3. The first-order chi connectivity index (χ1) is 14.2. The number of allylic oxidation sites excluding steroid dienone is 1. The normalized spacial score (nSPS) is 14.4. The van der Waals surface area contributed by atoms with Gasteiger partial charge in [0.2, 0.25) is 11.7 Å². The van der Waals surface area contributed by atoms with Gasteiger partial charge in [-0.05, 0) is 43.3 Å². The summed E-state index contributed by atoms with van der Waals surface area (Å²) < 4.78 is 11.3. The van der Waals surface area contributed by atoms with Crippen LogP contribution in [0, 0.1) is 0 Å². The first-order valence-corrected chi connectivity index (χ1v) is 8.99. The van der Waals surface area contributed by atoms with E-state index in [0.29, 0.717) is 22.4 Å². The van der Waals surface area contributed by atoms with Crippen LogP contribution in [0.15, 0.2) is 81.1 Å². The molecule has 0 radical (unpaired) electrons. The number of fused-ring (bicyclic) bond motifs is 2. The molecular weight excluding hydrogens is 368 g/mol. The van der Waals surface area contributed by atoms with Crippen molar-refractivity contribution in [1.82, 2.24) is 15.0 Å². The molecule has 0 atom stereocenters. The number of hydrogen-bond donors (Lipinski definition) is 0. The topological polar surface area (TPSA) is 90.5 Å². The molecule has 2 aromatic heterocycles. The monoisotopic (exact) mass is 382 g/mol. The zero-order valence-electron chi connectivity index (χ0n) is 15.4. The highest BCUT2D eigenvalue weighted by Crippen LogP contribution is 2.32. The molecule has 0 fully saturated rings. The van der Waals surface area contributed by atoms with Crippen LogP contribution in [0.25, 0.3) is 28.2 Å². The second-order valence-electron chi connectivity index (χ2n) is 6.28. The van der Waals surface area contributed by atoms with Crippen molar-refractivity contribution in [3.63, 3.8) is 0 Å². The molecule has 29 heavy (non-hydrogen) atoms. The number of ether oxygens (including phenoxy) is 1. The van der Waals surface area contributed by atoms with Crippen molar-refractivity contribution in [3.05, 3.63) is 88.7 Å². The van der Waals surface area contributed by atoms with E-state index >= 15 is 0 Å². The third kappa shape index (κ3) is 2.98. The second-order valence-corrected chi connectivity index (χ2v) is 6.28. The number of aromatic nitrogens is 3. The molecule has 2 aromatic carbocycles. The highest BCUT2D eigenvalue weighted by atomic mass is 16.5. The fraction of sp³-hybridized carbons (Fsp3) is 0.0455. The average molecular weight is 382 g/mol. The summed E-state index contributed by atoms with van der Waals surface area (Å²) in [5.41, 5.74) is 2.10. The van der Waals surface area contributed by atoms with E-state index in [1.54, 1.807) is 30.5 Å². The smallest absolute Gasteiger partial charge is 0.347 e. The van der Waals surface area contributed by atoms with Crippen LogP contribution in [0.4, 0.5) is 5.69 Å². The SMILES string of the molecule is C/C=C1/OC(c2nccc(-c3nc4ccccc4c(=O)o3)n2)=Nc2ccccc21. The predicted molar refractivity (Wildman–Crippen MR) is 109 cm³/mol. The third-order valence-electron chi connectivity index (χ3n) is 4.46. The van der Waals surface area contributed by atoms with E-state index in [-0.39, 0.29) is 17.6 Å². The average Bonchev–Trinajstić information content (AvgIpc) is 2.78. The lowest BCUT2D eigenvalue weighted by Gasteiger charge is -2.18. The number of para-hydroxylation sites is 2. The lowest BCUT2D eigenvalue weighted by atomic mass is 10.1. The van der Waals surface area contributed by atoms with Gasteiger partial charge in [-0.2, -0.15) is 0 Å². The molecule has 1 aliphatic rings. The van der Waals surface area contributed by atoms with Gasteiger partial charge in [0.1, 0.15) is 11.5 Å². The Balaban J connectivity index is 1.61. The second kappa shape index (κ2) is 6.79. The zero-order valence-corrected chi connectivity index (χ0v) is 15.4. The van der Waals surface area contributed by atoms with Crippen LogP contribution in [0.1, 0.15) is 18.3 Å². The van der Waals surface area contributed by atoms with Crippen molar-refractivity contribution in [3.8, 4) is 11.6 Å². The molecule has 3 heterocycles. The van der Waals surface area contributed by atoms with Gasteiger partial charge in [0.05, 0.1) is 16.6 Å². The van der Waals surface area contributed by atoms with Crippen LogP contribution < -0.4 is 5.63 Å². The molecule has 140 valence electrons. The van der Waals surface area contributed by atoms with Crippen molar-refractivity contribution < 1.29 is 9.15 Å². The molecule has 4 aromatic rings. The summed E-state index contributed by atoms with van der Waals surface area (Å²) in [5.74, 6) is 1.33. The van der Waals surface area contributed by atoms with E-state index in [1.165, 1.54) is 0 Å². The summed E-state index contributed by atoms with van der Waals surface area (Å²) >= 11 is 0. The number of rotatable bonds is 2. The fourth-order valence-corrected chi connectivity index (χ4v) is 3.09. The summed E-state index contributed by atoms with van der Waals surface area (Å²) in [4.78, 5) is 30.0. The molecule has 0 aliphatic carbocycles. The molecule has 0 spiro atoms. The van der Waals surface area contributed by atoms with Gasteiger partial charge in [0.25, 0.3) is 5.90 Å². The largest absolute Gasteiger partial charge is 0.435 e. The molecule has 0 amide bonds. The Hall–Kier alpha value is -4.13. The van der Waals surface area contributed by atoms with Gasteiger partial charge in [0.15, 0.2) is 0 Å². The molecule has 0 saturated heterocycles. The summed E-state index contributed by atoms with van der Waals surface area (Å²) in [5, 5.41) is 0.417. The molecular formula is C22H14N4O3. The summed E-state index contributed by atoms with van der Waals surface area (Å²) in [6.45, 7) is 1.89. The van der Waals surface area contributed by atoms with Gasteiger partial charge in [-0.1, -0.05) is 24.3 Å². The standard InChI is InChI=1S/C22H14N4O3/c1-2-18-13-7-3-5-9-15(13)26-21(28-18)19-23-12-11-17(24-19)20-25-16-10-6-4-8-14(16)22(27)29-20/h2-12H,1H3/b18-2+. The van der Waals surface area contributed by atoms with Crippen LogP contribution in [0.2, 0.25) is 0 Å². The third-order valence-corrected chi connectivity index (χ3v) is 4.46. The van der Waals surface area contributed by atoms with Crippen molar-refractivity contribution in [2.24, 2.45) is 4.99 Å². The van der Waals surface area contributed by atoms with Crippen LogP contribution in [-0.4, -0.2) is 20.8 Å². The van der Waals surface area contributed by atoms with Gasteiger partial charge in [-0.3, -0.25) is 0 Å².